The highest BCUT2D eigenvalue weighted by Gasteiger charge is 2.13. The largest absolute Gasteiger partial charge is 0.495 e. The van der Waals surface area contributed by atoms with E-state index >= 15 is 0 Å². The first kappa shape index (κ1) is 13.3. The number of amides is 1. The molecule has 1 amide bonds. The Morgan fingerprint density at radius 3 is 2.69 bits per heavy atom. The second-order valence-corrected chi connectivity index (χ2v) is 5.19. The van der Waals surface area contributed by atoms with Gasteiger partial charge in [0, 0.05) is 11.1 Å². The van der Waals surface area contributed by atoms with Gasteiger partial charge in [0.1, 0.15) is 5.75 Å². The molecule has 1 aromatic carbocycles. The summed E-state index contributed by atoms with van der Waals surface area (Å²) in [5.74, 6) is 0.428. The number of rotatable bonds is 3. The molecule has 0 bridgehead atoms. The highest BCUT2D eigenvalue weighted by atomic mass is 79.9. The molecule has 0 aliphatic rings. The highest BCUT2D eigenvalue weighted by Crippen LogP contribution is 2.31. The summed E-state index contributed by atoms with van der Waals surface area (Å²) in [4.78, 5) is 11.3. The van der Waals surface area contributed by atoms with Crippen molar-refractivity contribution in [3.63, 3.8) is 0 Å². The molecule has 3 nitrogen and oxygen atoms in total. The number of carbonyl (C=O) groups excluding carboxylic acids is 1. The van der Waals surface area contributed by atoms with Gasteiger partial charge in [-0.2, -0.15) is 0 Å². The Morgan fingerprint density at radius 1 is 1.56 bits per heavy atom. The van der Waals surface area contributed by atoms with Gasteiger partial charge in [-0.3, -0.25) is 4.79 Å². The molecule has 0 heterocycles. The summed E-state index contributed by atoms with van der Waals surface area (Å²) in [7, 11) is 1.54. The van der Waals surface area contributed by atoms with Crippen LogP contribution in [0.1, 0.15) is 12.5 Å². The van der Waals surface area contributed by atoms with E-state index in [0.29, 0.717) is 16.5 Å². The van der Waals surface area contributed by atoms with Gasteiger partial charge in [-0.25, -0.2) is 0 Å². The Labute approximate surface area is 108 Å². The summed E-state index contributed by atoms with van der Waals surface area (Å²) >= 11 is 9.16. The van der Waals surface area contributed by atoms with E-state index in [1.807, 2.05) is 6.92 Å². The molecule has 0 aliphatic carbocycles. The van der Waals surface area contributed by atoms with Crippen LogP contribution in [0.4, 0.5) is 5.69 Å². The normalized spacial score (nSPS) is 12.1. The Morgan fingerprint density at radius 2 is 2.19 bits per heavy atom. The van der Waals surface area contributed by atoms with Crippen molar-refractivity contribution in [3.8, 4) is 5.75 Å². The smallest absolute Gasteiger partial charge is 0.237 e. The molecule has 1 rings (SSSR count). The maximum Gasteiger partial charge on any atom is 0.237 e. The number of methoxy groups -OCH3 is 1. The molecule has 5 heteroatoms. The van der Waals surface area contributed by atoms with E-state index in [1.165, 1.54) is 7.11 Å². The van der Waals surface area contributed by atoms with Crippen molar-refractivity contribution in [2.75, 3.05) is 12.4 Å². The Bertz CT molecular complexity index is 407. The van der Waals surface area contributed by atoms with Crippen LogP contribution < -0.4 is 10.1 Å². The molecular weight excluding hydrogens is 293 g/mol. The molecule has 0 fully saturated rings. The summed E-state index contributed by atoms with van der Waals surface area (Å²) in [5, 5.41) is 3.37. The average Bonchev–Trinajstić information content (AvgIpc) is 2.22. The van der Waals surface area contributed by atoms with Gasteiger partial charge in [-0.1, -0.05) is 27.5 Å². The van der Waals surface area contributed by atoms with Gasteiger partial charge in [0.2, 0.25) is 5.91 Å². The third-order valence-corrected chi connectivity index (χ3v) is 2.92. The molecular formula is C11H13BrClNO2. The molecule has 1 aromatic rings. The van der Waals surface area contributed by atoms with E-state index in [9.17, 15) is 4.79 Å². The second-order valence-electron chi connectivity index (χ2n) is 3.41. The molecule has 1 N–H and O–H groups in total. The van der Waals surface area contributed by atoms with E-state index < -0.39 is 0 Å². The average molecular weight is 307 g/mol. The van der Waals surface area contributed by atoms with Crippen molar-refractivity contribution < 1.29 is 9.53 Å². The maximum atomic E-state index is 11.5. The van der Waals surface area contributed by atoms with Crippen LogP contribution in [0.15, 0.2) is 12.1 Å². The van der Waals surface area contributed by atoms with Crippen molar-refractivity contribution in [2.24, 2.45) is 0 Å². The minimum Gasteiger partial charge on any atom is -0.495 e. The Balaban J connectivity index is 3.03. The second kappa shape index (κ2) is 5.55. The van der Waals surface area contributed by atoms with Crippen LogP contribution in [0.2, 0.25) is 5.02 Å². The lowest BCUT2D eigenvalue weighted by atomic mass is 10.2. The van der Waals surface area contributed by atoms with E-state index in [1.54, 1.807) is 19.1 Å². The van der Waals surface area contributed by atoms with Gasteiger partial charge in [0.25, 0.3) is 0 Å². The van der Waals surface area contributed by atoms with E-state index in [-0.39, 0.29) is 10.7 Å². The fourth-order valence-corrected chi connectivity index (χ4v) is 1.43. The molecule has 0 radical (unpaired) electrons. The number of ether oxygens (including phenoxy) is 1. The lowest BCUT2D eigenvalue weighted by Crippen LogP contribution is -2.20. The van der Waals surface area contributed by atoms with Crippen LogP contribution in [0.25, 0.3) is 0 Å². The SMILES string of the molecule is COc1cc(Cl)c(C)cc1NC(=O)C(C)Br. The zero-order valence-corrected chi connectivity index (χ0v) is 11.6. The van der Waals surface area contributed by atoms with Crippen LogP contribution in [0.3, 0.4) is 0 Å². The van der Waals surface area contributed by atoms with Crippen molar-refractivity contribution in [1.29, 1.82) is 0 Å². The van der Waals surface area contributed by atoms with Crippen molar-refractivity contribution in [3.05, 3.63) is 22.7 Å². The van der Waals surface area contributed by atoms with E-state index in [4.69, 9.17) is 16.3 Å². The van der Waals surface area contributed by atoms with E-state index in [2.05, 4.69) is 21.2 Å². The van der Waals surface area contributed by atoms with Gasteiger partial charge in [-0.05, 0) is 25.5 Å². The molecule has 16 heavy (non-hydrogen) atoms. The fourth-order valence-electron chi connectivity index (χ4n) is 1.16. The predicted octanol–water partition coefficient (Wildman–Crippen LogP) is 3.38. The van der Waals surface area contributed by atoms with Crippen molar-refractivity contribution in [2.45, 2.75) is 18.7 Å². The van der Waals surface area contributed by atoms with Crippen molar-refractivity contribution in [1.82, 2.24) is 0 Å². The maximum absolute atomic E-state index is 11.5. The highest BCUT2D eigenvalue weighted by molar-refractivity contribution is 9.10. The minimum absolute atomic E-state index is 0.125. The minimum atomic E-state index is -0.256. The van der Waals surface area contributed by atoms with Crippen molar-refractivity contribution >= 4 is 39.1 Å². The molecule has 0 aliphatic heterocycles. The number of halogens is 2. The predicted molar refractivity (Wildman–Crippen MR) is 69.8 cm³/mol. The number of anilines is 1. The van der Waals surface area contributed by atoms with Gasteiger partial charge in [0.15, 0.2) is 0 Å². The number of alkyl halides is 1. The lowest BCUT2D eigenvalue weighted by molar-refractivity contribution is -0.115. The molecule has 0 spiro atoms. The number of hydrogen-bond donors (Lipinski definition) is 1. The first-order valence-electron chi connectivity index (χ1n) is 4.74. The third-order valence-electron chi connectivity index (χ3n) is 2.10. The lowest BCUT2D eigenvalue weighted by Gasteiger charge is -2.12. The number of aryl methyl sites for hydroxylation is 1. The zero-order chi connectivity index (χ0) is 12.3. The zero-order valence-electron chi connectivity index (χ0n) is 9.30. The molecule has 0 saturated carbocycles. The van der Waals surface area contributed by atoms with Crippen LogP contribution in [0, 0.1) is 6.92 Å². The summed E-state index contributed by atoms with van der Waals surface area (Å²) < 4.78 is 5.15. The number of hydrogen-bond acceptors (Lipinski definition) is 2. The van der Waals surface area contributed by atoms with Crippen LogP contribution in [0.5, 0.6) is 5.75 Å². The van der Waals surface area contributed by atoms with Gasteiger partial charge in [-0.15, -0.1) is 0 Å². The van der Waals surface area contributed by atoms with Crippen LogP contribution in [-0.4, -0.2) is 17.8 Å². The first-order valence-corrected chi connectivity index (χ1v) is 6.04. The fraction of sp³-hybridized carbons (Fsp3) is 0.364. The van der Waals surface area contributed by atoms with Gasteiger partial charge < -0.3 is 10.1 Å². The number of carbonyl (C=O) groups is 1. The molecule has 0 aromatic heterocycles. The molecule has 0 saturated heterocycles. The van der Waals surface area contributed by atoms with Crippen LogP contribution in [-0.2, 0) is 4.79 Å². The van der Waals surface area contributed by atoms with Gasteiger partial charge >= 0.3 is 0 Å². The Hall–Kier alpha value is -0.740. The summed E-state index contributed by atoms with van der Waals surface area (Å²) in [6, 6.07) is 3.47. The van der Waals surface area contributed by atoms with Crippen LogP contribution >= 0.6 is 27.5 Å². The summed E-state index contributed by atoms with van der Waals surface area (Å²) in [6.45, 7) is 3.62. The Kier molecular flexibility index (Phi) is 4.62. The monoisotopic (exact) mass is 305 g/mol. The van der Waals surface area contributed by atoms with Gasteiger partial charge in [0.05, 0.1) is 17.6 Å². The molecule has 1 unspecified atom stereocenters. The molecule has 1 atom stereocenters. The topological polar surface area (TPSA) is 38.3 Å². The standard InChI is InChI=1S/C11H13BrClNO2/c1-6-4-9(14-11(15)7(2)12)10(16-3)5-8(6)13/h4-5,7H,1-3H3,(H,14,15). The number of nitrogens with one attached hydrogen (secondary N) is 1. The quantitative estimate of drug-likeness (QED) is 0.869. The third kappa shape index (κ3) is 3.12. The summed E-state index contributed by atoms with van der Waals surface area (Å²) in [6.07, 6.45) is 0. The number of benzene rings is 1. The van der Waals surface area contributed by atoms with E-state index in [0.717, 1.165) is 5.56 Å². The first-order chi connectivity index (χ1) is 7.45. The summed E-state index contributed by atoms with van der Waals surface area (Å²) in [5.41, 5.74) is 1.51. The molecule has 88 valence electrons.